The van der Waals surface area contributed by atoms with Gasteiger partial charge in [0.2, 0.25) is 0 Å². The van der Waals surface area contributed by atoms with Crippen molar-refractivity contribution >= 4 is 27.6 Å². The van der Waals surface area contributed by atoms with Gasteiger partial charge in [0.05, 0.1) is 47.4 Å². The third-order valence-electron chi connectivity index (χ3n) is 5.96. The Hall–Kier alpha value is -1.22. The van der Waals surface area contributed by atoms with Gasteiger partial charge < -0.3 is 23.8 Å². The Balaban J connectivity index is 2.56. The molecule has 7 nitrogen and oxygen atoms in total. The molecule has 1 aliphatic rings. The van der Waals surface area contributed by atoms with Crippen LogP contribution in [0.1, 0.15) is 91.3 Å². The number of ether oxygens (including phenoxy) is 4. The molecule has 1 saturated heterocycles. The van der Waals surface area contributed by atoms with Gasteiger partial charge in [-0.3, -0.25) is 4.98 Å². The number of carbonyl (C=O) groups excluding carboxylic acids is 1. The van der Waals surface area contributed by atoms with Gasteiger partial charge in [0.15, 0.2) is 6.10 Å². The molecule has 8 heteroatoms. The molecule has 0 N–H and O–H groups in total. The summed E-state index contributed by atoms with van der Waals surface area (Å²) in [5, 5.41) is 0. The van der Waals surface area contributed by atoms with Crippen molar-refractivity contribution in [3.8, 4) is 0 Å². The number of rotatable bonds is 11. The van der Waals surface area contributed by atoms with Crippen LogP contribution in [0.5, 0.6) is 0 Å². The molecule has 35 heavy (non-hydrogen) atoms. The number of pyridine rings is 1. The summed E-state index contributed by atoms with van der Waals surface area (Å²) in [6.07, 6.45) is 0.977. The second-order valence-electron chi connectivity index (χ2n) is 11.2. The number of halogens is 1. The van der Waals surface area contributed by atoms with Crippen LogP contribution in [0.3, 0.4) is 0 Å². The molecule has 0 spiro atoms. The zero-order valence-electron chi connectivity index (χ0n) is 23.1. The second-order valence-corrected chi connectivity index (χ2v) is 12.0. The molecule has 1 aromatic heterocycles. The van der Waals surface area contributed by atoms with Crippen molar-refractivity contribution in [2.75, 3.05) is 37.8 Å². The van der Waals surface area contributed by atoms with Crippen molar-refractivity contribution in [1.82, 2.24) is 4.98 Å². The molecule has 1 aromatic rings. The largest absolute Gasteiger partial charge is 0.461 e. The predicted octanol–water partition coefficient (Wildman–Crippen LogP) is 6.14. The van der Waals surface area contributed by atoms with Gasteiger partial charge in [0.1, 0.15) is 0 Å². The molecule has 1 unspecified atom stereocenters. The number of anilines is 1. The number of nitrogens with zero attached hydrogens (tertiary/aromatic N) is 2. The van der Waals surface area contributed by atoms with Crippen molar-refractivity contribution in [2.45, 2.75) is 99.6 Å². The molecule has 1 atom stereocenters. The summed E-state index contributed by atoms with van der Waals surface area (Å²) in [6, 6.07) is 0. The average Bonchev–Trinajstić information content (AvgIpc) is 2.73. The highest BCUT2D eigenvalue weighted by atomic mass is 79.9. The van der Waals surface area contributed by atoms with Crippen LogP contribution < -0.4 is 4.90 Å². The minimum absolute atomic E-state index is 0.248. The van der Waals surface area contributed by atoms with E-state index in [1.54, 1.807) is 0 Å². The summed E-state index contributed by atoms with van der Waals surface area (Å²) in [6.45, 7) is 21.9. The number of aryl methyl sites for hydroxylation is 1. The molecule has 1 aliphatic heterocycles. The van der Waals surface area contributed by atoms with Crippen LogP contribution in [0.25, 0.3) is 0 Å². The van der Waals surface area contributed by atoms with Crippen molar-refractivity contribution in [3.05, 3.63) is 21.4 Å². The zero-order chi connectivity index (χ0) is 26.4. The zero-order valence-corrected chi connectivity index (χ0v) is 24.7. The van der Waals surface area contributed by atoms with Crippen LogP contribution in [-0.4, -0.2) is 55.6 Å². The number of piperidine rings is 1. The molecule has 200 valence electrons. The van der Waals surface area contributed by atoms with E-state index in [-0.39, 0.29) is 11.5 Å². The lowest BCUT2D eigenvalue weighted by Crippen LogP contribution is -2.39. The summed E-state index contributed by atoms with van der Waals surface area (Å²) in [7, 11) is 0. The highest BCUT2D eigenvalue weighted by Crippen LogP contribution is 2.43. The number of hydrogen-bond acceptors (Lipinski definition) is 7. The van der Waals surface area contributed by atoms with Crippen LogP contribution in [-0.2, 0) is 30.3 Å². The van der Waals surface area contributed by atoms with E-state index in [1.165, 1.54) is 0 Å². The number of aromatic nitrogens is 1. The molecule has 0 saturated carbocycles. The van der Waals surface area contributed by atoms with E-state index in [2.05, 4.69) is 34.7 Å². The molecule has 0 bridgehead atoms. The van der Waals surface area contributed by atoms with Crippen LogP contribution >= 0.6 is 15.9 Å². The van der Waals surface area contributed by atoms with E-state index in [0.717, 1.165) is 53.0 Å². The Kier molecular flexibility index (Phi) is 11.0. The molecular weight excluding hydrogens is 512 g/mol. The first-order chi connectivity index (χ1) is 16.3. The Morgan fingerprint density at radius 2 is 1.74 bits per heavy atom. The lowest BCUT2D eigenvalue weighted by Gasteiger charge is -2.40. The van der Waals surface area contributed by atoms with Gasteiger partial charge in [-0.1, -0.05) is 13.8 Å². The standard InChI is InChI=1S/C27H45BrN2O5/c1-10-32-15-16-33-17-20-22(28)23(30-13-11-27(8,9)12-14-30)21(19(4)29-20)24(35-26(5,6)7)25(31)34-18(2)3/h18,24H,10-17H2,1-9H3. The maximum absolute atomic E-state index is 13.3. The van der Waals surface area contributed by atoms with Gasteiger partial charge in [-0.2, -0.15) is 0 Å². The molecule has 1 fully saturated rings. The smallest absolute Gasteiger partial charge is 0.340 e. The van der Waals surface area contributed by atoms with E-state index in [9.17, 15) is 4.79 Å². The monoisotopic (exact) mass is 556 g/mol. The van der Waals surface area contributed by atoms with Gasteiger partial charge in [-0.15, -0.1) is 0 Å². The fourth-order valence-corrected chi connectivity index (χ4v) is 4.76. The van der Waals surface area contributed by atoms with Gasteiger partial charge in [-0.05, 0) is 82.7 Å². The highest BCUT2D eigenvalue weighted by Gasteiger charge is 2.37. The molecule has 0 radical (unpaired) electrons. The number of hydrogen-bond donors (Lipinski definition) is 0. The van der Waals surface area contributed by atoms with Crippen LogP contribution in [0.2, 0.25) is 0 Å². The predicted molar refractivity (Wildman–Crippen MR) is 143 cm³/mol. The first-order valence-corrected chi connectivity index (χ1v) is 13.5. The Morgan fingerprint density at radius 1 is 1.14 bits per heavy atom. The number of esters is 1. The van der Waals surface area contributed by atoms with Gasteiger partial charge in [0, 0.05) is 31.0 Å². The van der Waals surface area contributed by atoms with Crippen LogP contribution in [0.4, 0.5) is 5.69 Å². The van der Waals surface area contributed by atoms with Crippen molar-refractivity contribution in [1.29, 1.82) is 0 Å². The highest BCUT2D eigenvalue weighted by molar-refractivity contribution is 9.10. The fraction of sp³-hybridized carbons (Fsp3) is 0.778. The van der Waals surface area contributed by atoms with Crippen molar-refractivity contribution in [2.24, 2.45) is 5.41 Å². The van der Waals surface area contributed by atoms with Crippen molar-refractivity contribution in [3.63, 3.8) is 0 Å². The SMILES string of the molecule is CCOCCOCc1nc(C)c(C(OC(C)(C)C)C(=O)OC(C)C)c(N2CCC(C)(C)CC2)c1Br. The summed E-state index contributed by atoms with van der Waals surface area (Å²) in [5.41, 5.74) is 2.98. The minimum atomic E-state index is -0.890. The van der Waals surface area contributed by atoms with Gasteiger partial charge in [-0.25, -0.2) is 4.79 Å². The van der Waals surface area contributed by atoms with E-state index in [1.807, 2.05) is 48.5 Å². The molecule has 0 aromatic carbocycles. The lowest BCUT2D eigenvalue weighted by atomic mass is 9.82. The third-order valence-corrected chi connectivity index (χ3v) is 6.79. The van der Waals surface area contributed by atoms with Gasteiger partial charge >= 0.3 is 5.97 Å². The van der Waals surface area contributed by atoms with E-state index >= 15 is 0 Å². The third kappa shape index (κ3) is 8.99. The first kappa shape index (κ1) is 30.0. The molecule has 0 aliphatic carbocycles. The van der Waals surface area contributed by atoms with E-state index in [4.69, 9.17) is 23.9 Å². The Labute approximate surface area is 220 Å². The maximum atomic E-state index is 13.3. The fourth-order valence-electron chi connectivity index (χ4n) is 4.10. The van der Waals surface area contributed by atoms with Crippen molar-refractivity contribution < 1.29 is 23.7 Å². The Morgan fingerprint density at radius 3 is 2.29 bits per heavy atom. The minimum Gasteiger partial charge on any atom is -0.461 e. The average molecular weight is 558 g/mol. The summed E-state index contributed by atoms with van der Waals surface area (Å²) in [5.74, 6) is -0.397. The first-order valence-electron chi connectivity index (χ1n) is 12.7. The van der Waals surface area contributed by atoms with E-state index < -0.39 is 17.7 Å². The Bertz CT molecular complexity index is 841. The lowest BCUT2D eigenvalue weighted by molar-refractivity contribution is -0.171. The van der Waals surface area contributed by atoms with Crippen LogP contribution in [0, 0.1) is 12.3 Å². The topological polar surface area (TPSA) is 70.1 Å². The molecule has 0 amide bonds. The quantitative estimate of drug-likeness (QED) is 0.239. The summed E-state index contributed by atoms with van der Waals surface area (Å²) < 4.78 is 24.1. The van der Waals surface area contributed by atoms with Gasteiger partial charge in [0.25, 0.3) is 0 Å². The maximum Gasteiger partial charge on any atom is 0.340 e. The second kappa shape index (κ2) is 12.8. The summed E-state index contributed by atoms with van der Waals surface area (Å²) >= 11 is 3.84. The number of carbonyl (C=O) groups is 1. The molecule has 2 rings (SSSR count). The normalized spacial score (nSPS) is 17.1. The van der Waals surface area contributed by atoms with E-state index in [0.29, 0.717) is 26.4 Å². The summed E-state index contributed by atoms with van der Waals surface area (Å²) in [4.78, 5) is 20.6. The molecular formula is C27H45BrN2O5. The van der Waals surface area contributed by atoms with Crippen LogP contribution in [0.15, 0.2) is 4.47 Å². The molecule has 2 heterocycles.